The molecule has 1 aromatic heterocycles. The van der Waals surface area contributed by atoms with Gasteiger partial charge >= 0.3 is 0 Å². The third-order valence-electron chi connectivity index (χ3n) is 2.42. The molecule has 0 spiro atoms. The summed E-state index contributed by atoms with van der Waals surface area (Å²) in [4.78, 5) is 4.43. The molecule has 0 aliphatic rings. The first-order valence-electron chi connectivity index (χ1n) is 6.08. The van der Waals surface area contributed by atoms with Crippen LogP contribution in [0.5, 0.6) is 5.88 Å². The number of nitrogen functional groups attached to an aromatic ring is 1. The van der Waals surface area contributed by atoms with E-state index in [-0.39, 0.29) is 6.10 Å². The van der Waals surface area contributed by atoms with E-state index in [2.05, 4.69) is 18.8 Å². The minimum Gasteiger partial charge on any atom is -0.473 e. The second kappa shape index (κ2) is 6.74. The molecule has 1 rings (SSSR count). The highest BCUT2D eigenvalue weighted by molar-refractivity contribution is 7.99. The van der Waals surface area contributed by atoms with Crippen LogP contribution in [0.25, 0.3) is 0 Å². The number of nitrogens with two attached hydrogens (primary N) is 1. The van der Waals surface area contributed by atoms with Crippen molar-refractivity contribution >= 4 is 17.4 Å². The van der Waals surface area contributed by atoms with Crippen LogP contribution in [-0.4, -0.2) is 16.8 Å². The van der Waals surface area contributed by atoms with E-state index in [9.17, 15) is 0 Å². The summed E-state index contributed by atoms with van der Waals surface area (Å²) in [7, 11) is 0. The number of rotatable bonds is 6. The van der Waals surface area contributed by atoms with Crippen LogP contribution in [0.2, 0.25) is 0 Å². The number of ether oxygens (including phenoxy) is 1. The van der Waals surface area contributed by atoms with Gasteiger partial charge in [-0.15, -0.1) is 11.8 Å². The smallest absolute Gasteiger partial charge is 0.238 e. The number of pyridine rings is 1. The summed E-state index contributed by atoms with van der Waals surface area (Å²) in [5.74, 6) is 2.33. The lowest BCUT2D eigenvalue weighted by molar-refractivity contribution is 0.232. The summed E-state index contributed by atoms with van der Waals surface area (Å²) in [6.07, 6.45) is 1.29. The van der Waals surface area contributed by atoms with Gasteiger partial charge in [0.15, 0.2) is 0 Å². The average molecular weight is 254 g/mol. The van der Waals surface area contributed by atoms with Gasteiger partial charge in [-0.25, -0.2) is 4.98 Å². The molecule has 17 heavy (non-hydrogen) atoms. The Bertz CT molecular complexity index is 355. The van der Waals surface area contributed by atoms with Crippen molar-refractivity contribution in [1.29, 1.82) is 0 Å². The maximum atomic E-state index is 5.82. The molecule has 4 heteroatoms. The Hall–Kier alpha value is -0.900. The summed E-state index contributed by atoms with van der Waals surface area (Å²) in [5, 5.41) is 0.982. The molecule has 0 saturated heterocycles. The molecule has 1 heterocycles. The fourth-order valence-corrected chi connectivity index (χ4v) is 2.18. The number of thioether (sulfide) groups is 1. The maximum absolute atomic E-state index is 5.82. The van der Waals surface area contributed by atoms with Crippen LogP contribution in [0.15, 0.2) is 17.2 Å². The first-order valence-corrected chi connectivity index (χ1v) is 7.07. The molecular weight excluding hydrogens is 232 g/mol. The van der Waals surface area contributed by atoms with Crippen molar-refractivity contribution in [1.82, 2.24) is 4.98 Å². The summed E-state index contributed by atoms with van der Waals surface area (Å²) >= 11 is 1.76. The van der Waals surface area contributed by atoms with Gasteiger partial charge in [0.25, 0.3) is 0 Å². The Morgan fingerprint density at radius 2 is 2.06 bits per heavy atom. The SMILES string of the molecule is CCC(C)CSc1ccc(N)c(OC(C)C)n1. The molecule has 0 aliphatic heterocycles. The molecule has 0 aliphatic carbocycles. The van der Waals surface area contributed by atoms with Gasteiger partial charge in [-0.3, -0.25) is 0 Å². The van der Waals surface area contributed by atoms with Crippen molar-refractivity contribution < 1.29 is 4.74 Å². The van der Waals surface area contributed by atoms with E-state index in [4.69, 9.17) is 10.5 Å². The van der Waals surface area contributed by atoms with Crippen LogP contribution in [0.3, 0.4) is 0 Å². The number of aromatic nitrogens is 1. The van der Waals surface area contributed by atoms with Crippen LogP contribution in [-0.2, 0) is 0 Å². The average Bonchev–Trinajstić information content (AvgIpc) is 2.29. The molecule has 3 nitrogen and oxygen atoms in total. The normalized spacial score (nSPS) is 12.8. The Morgan fingerprint density at radius 3 is 2.65 bits per heavy atom. The minimum absolute atomic E-state index is 0.0969. The van der Waals surface area contributed by atoms with E-state index in [0.717, 1.165) is 10.8 Å². The fourth-order valence-electron chi connectivity index (χ4n) is 1.18. The van der Waals surface area contributed by atoms with Crippen molar-refractivity contribution in [3.63, 3.8) is 0 Å². The fraction of sp³-hybridized carbons (Fsp3) is 0.615. The molecule has 1 unspecified atom stereocenters. The summed E-state index contributed by atoms with van der Waals surface area (Å²) in [6, 6.07) is 3.82. The van der Waals surface area contributed by atoms with Crippen LogP contribution in [0.1, 0.15) is 34.1 Å². The molecule has 1 aromatic rings. The Morgan fingerprint density at radius 1 is 1.35 bits per heavy atom. The Balaban J connectivity index is 2.67. The Labute approximate surface area is 108 Å². The zero-order valence-electron chi connectivity index (χ0n) is 11.1. The first kappa shape index (κ1) is 14.2. The summed E-state index contributed by atoms with van der Waals surface area (Å²) < 4.78 is 5.57. The largest absolute Gasteiger partial charge is 0.473 e. The summed E-state index contributed by atoms with van der Waals surface area (Å²) in [6.45, 7) is 8.39. The minimum atomic E-state index is 0.0969. The second-order valence-corrected chi connectivity index (χ2v) is 5.58. The van der Waals surface area contributed by atoms with E-state index >= 15 is 0 Å². The predicted molar refractivity (Wildman–Crippen MR) is 74.6 cm³/mol. The third-order valence-corrected chi connectivity index (χ3v) is 3.68. The molecule has 0 saturated carbocycles. The molecular formula is C13H22N2OS. The highest BCUT2D eigenvalue weighted by atomic mass is 32.2. The third kappa shape index (κ3) is 4.86. The first-order chi connectivity index (χ1) is 8.02. The molecule has 0 bridgehead atoms. The Kier molecular flexibility index (Phi) is 5.62. The highest BCUT2D eigenvalue weighted by Gasteiger charge is 2.08. The number of anilines is 1. The number of hydrogen-bond donors (Lipinski definition) is 1. The molecule has 2 N–H and O–H groups in total. The van der Waals surface area contributed by atoms with Crippen LogP contribution in [0, 0.1) is 5.92 Å². The van der Waals surface area contributed by atoms with Gasteiger partial charge in [0.05, 0.1) is 11.8 Å². The lowest BCUT2D eigenvalue weighted by atomic mass is 10.2. The van der Waals surface area contributed by atoms with Crippen molar-refractivity contribution in [3.8, 4) is 5.88 Å². The topological polar surface area (TPSA) is 48.1 Å². The lowest BCUT2D eigenvalue weighted by Gasteiger charge is -2.12. The van der Waals surface area contributed by atoms with E-state index in [1.54, 1.807) is 11.8 Å². The monoisotopic (exact) mass is 254 g/mol. The maximum Gasteiger partial charge on any atom is 0.238 e. The van der Waals surface area contributed by atoms with Gasteiger partial charge in [0.2, 0.25) is 5.88 Å². The highest BCUT2D eigenvalue weighted by Crippen LogP contribution is 2.26. The van der Waals surface area contributed by atoms with Crippen LogP contribution >= 0.6 is 11.8 Å². The molecule has 96 valence electrons. The molecule has 0 aromatic carbocycles. The van der Waals surface area contributed by atoms with Gasteiger partial charge in [0, 0.05) is 5.75 Å². The van der Waals surface area contributed by atoms with E-state index in [0.29, 0.717) is 17.5 Å². The number of nitrogens with zero attached hydrogens (tertiary/aromatic N) is 1. The molecule has 0 amide bonds. The predicted octanol–water partition coefficient (Wildman–Crippen LogP) is 3.59. The quantitative estimate of drug-likeness (QED) is 0.788. The zero-order valence-corrected chi connectivity index (χ0v) is 11.9. The van der Waals surface area contributed by atoms with Crippen LogP contribution in [0.4, 0.5) is 5.69 Å². The van der Waals surface area contributed by atoms with Crippen molar-refractivity contribution in [2.75, 3.05) is 11.5 Å². The lowest BCUT2D eigenvalue weighted by Crippen LogP contribution is -2.09. The van der Waals surface area contributed by atoms with E-state index < -0.39 is 0 Å². The van der Waals surface area contributed by atoms with Gasteiger partial charge in [-0.05, 0) is 31.9 Å². The molecule has 1 atom stereocenters. The number of hydrogen-bond acceptors (Lipinski definition) is 4. The van der Waals surface area contributed by atoms with Crippen molar-refractivity contribution in [3.05, 3.63) is 12.1 Å². The van der Waals surface area contributed by atoms with Gasteiger partial charge in [0.1, 0.15) is 5.03 Å². The zero-order chi connectivity index (χ0) is 12.8. The standard InChI is InChI=1S/C13H22N2OS/c1-5-10(4)8-17-12-7-6-11(14)13(15-12)16-9(2)3/h6-7,9-10H,5,8,14H2,1-4H3. The second-order valence-electron chi connectivity index (χ2n) is 4.53. The van der Waals surface area contributed by atoms with Crippen molar-refractivity contribution in [2.24, 2.45) is 5.92 Å². The van der Waals surface area contributed by atoms with Gasteiger partial charge < -0.3 is 10.5 Å². The van der Waals surface area contributed by atoms with Gasteiger partial charge in [-0.1, -0.05) is 20.3 Å². The van der Waals surface area contributed by atoms with E-state index in [1.165, 1.54) is 6.42 Å². The molecule has 0 fully saturated rings. The van der Waals surface area contributed by atoms with Crippen molar-refractivity contribution in [2.45, 2.75) is 45.2 Å². The van der Waals surface area contributed by atoms with Gasteiger partial charge in [-0.2, -0.15) is 0 Å². The molecule has 0 radical (unpaired) electrons. The van der Waals surface area contributed by atoms with E-state index in [1.807, 2.05) is 26.0 Å². The summed E-state index contributed by atoms with van der Waals surface area (Å²) in [5.41, 5.74) is 6.43. The van der Waals surface area contributed by atoms with Crippen LogP contribution < -0.4 is 10.5 Å².